The summed E-state index contributed by atoms with van der Waals surface area (Å²) >= 11 is 0. The van der Waals surface area contributed by atoms with Crippen LogP contribution in [0, 0.1) is 0 Å². The molecule has 1 aromatic carbocycles. The summed E-state index contributed by atoms with van der Waals surface area (Å²) in [5, 5.41) is 14.2. The molecule has 3 amide bonds. The fraction of sp³-hybridized carbons (Fsp3) is 0.600. The predicted octanol–water partition coefficient (Wildman–Crippen LogP) is 3.94. The highest BCUT2D eigenvalue weighted by Crippen LogP contribution is 2.37. The lowest BCUT2D eigenvalue weighted by molar-refractivity contribution is -0.163. The number of hydrogen-bond acceptors (Lipinski definition) is 6. The average molecular weight is 604 g/mol. The minimum atomic E-state index is -0.870. The van der Waals surface area contributed by atoms with Gasteiger partial charge in [0.05, 0.1) is 5.60 Å². The summed E-state index contributed by atoms with van der Waals surface area (Å²) in [5.74, 6) is -0.107. The molecule has 5 rings (SSSR count). The first kappa shape index (κ1) is 32.1. The number of benzene rings is 1. The molecular formula is C35H49N5O4. The topological polar surface area (TPSA) is 106 Å². The molecule has 9 heteroatoms. The third-order valence-corrected chi connectivity index (χ3v) is 9.98. The van der Waals surface area contributed by atoms with E-state index in [1.807, 2.05) is 54.4 Å². The lowest BCUT2D eigenvalue weighted by atomic mass is 9.77. The van der Waals surface area contributed by atoms with E-state index in [0.717, 1.165) is 49.9 Å². The molecule has 2 aliphatic heterocycles. The number of hydrogen-bond donors (Lipinski definition) is 2. The number of nitrogens with zero attached hydrogens (tertiary/aromatic N) is 4. The predicted molar refractivity (Wildman–Crippen MR) is 170 cm³/mol. The van der Waals surface area contributed by atoms with Crippen LogP contribution in [0.5, 0.6) is 0 Å². The Morgan fingerprint density at radius 2 is 1.77 bits per heavy atom. The van der Waals surface area contributed by atoms with Crippen LogP contribution < -0.4 is 5.32 Å². The van der Waals surface area contributed by atoms with Crippen molar-refractivity contribution in [1.29, 1.82) is 0 Å². The van der Waals surface area contributed by atoms with Crippen molar-refractivity contribution in [3.05, 3.63) is 65.5 Å². The summed E-state index contributed by atoms with van der Waals surface area (Å²) in [5.41, 5.74) is 1.04. The van der Waals surface area contributed by atoms with E-state index in [1.165, 1.54) is 0 Å². The molecule has 1 aromatic heterocycles. The second-order valence-corrected chi connectivity index (χ2v) is 13.2. The van der Waals surface area contributed by atoms with Crippen molar-refractivity contribution in [1.82, 2.24) is 25.0 Å². The Bertz CT molecular complexity index is 1270. The molecule has 1 saturated carbocycles. The molecule has 2 N–H and O–H groups in total. The third-order valence-electron chi connectivity index (χ3n) is 9.98. The Morgan fingerprint density at radius 3 is 2.43 bits per heavy atom. The van der Waals surface area contributed by atoms with Crippen molar-refractivity contribution in [2.75, 3.05) is 33.2 Å². The van der Waals surface area contributed by atoms with Gasteiger partial charge in [-0.05, 0) is 61.9 Å². The van der Waals surface area contributed by atoms with Gasteiger partial charge in [0.25, 0.3) is 5.91 Å². The fourth-order valence-electron chi connectivity index (χ4n) is 7.19. The van der Waals surface area contributed by atoms with Gasteiger partial charge in [0.15, 0.2) is 0 Å². The summed E-state index contributed by atoms with van der Waals surface area (Å²) in [4.78, 5) is 50.8. The molecule has 2 saturated heterocycles. The number of nitrogens with one attached hydrogen (secondary N) is 1. The lowest BCUT2D eigenvalue weighted by Gasteiger charge is -2.52. The minimum Gasteiger partial charge on any atom is -0.390 e. The summed E-state index contributed by atoms with van der Waals surface area (Å²) in [6.07, 6.45) is 10.2. The molecule has 0 unspecified atom stereocenters. The second-order valence-electron chi connectivity index (χ2n) is 13.2. The van der Waals surface area contributed by atoms with Crippen molar-refractivity contribution in [3.8, 4) is 0 Å². The molecule has 238 valence electrons. The van der Waals surface area contributed by atoms with Crippen molar-refractivity contribution in [2.24, 2.45) is 0 Å². The number of piperidine rings is 1. The molecule has 1 spiro atoms. The highest BCUT2D eigenvalue weighted by Gasteiger charge is 2.54. The smallest absolute Gasteiger partial charge is 0.253 e. The molecule has 2 aromatic rings. The Hall–Kier alpha value is -3.30. The van der Waals surface area contributed by atoms with Crippen LogP contribution in [-0.4, -0.2) is 92.9 Å². The van der Waals surface area contributed by atoms with E-state index in [1.54, 1.807) is 11.1 Å². The van der Waals surface area contributed by atoms with Gasteiger partial charge in [-0.2, -0.15) is 0 Å². The standard InChI is InChI=1S/C35H49N5O4/c1-3-4-21-40-32(42)30(25-34(44)16-7-5-8-17-34)37-33(43)35(40)18-23-39(24-19-35)26-27-11-13-28(14-12-27)31(41)38(2)22-15-29-10-6-9-20-36-29/h6,9-14,20,30,44H,3-5,7-8,15-19,21-26H2,1-2H3,(H,37,43)/t30-/m1/s1. The Morgan fingerprint density at radius 1 is 1.05 bits per heavy atom. The zero-order chi connectivity index (χ0) is 31.2. The number of likely N-dealkylation sites (tertiary alicyclic amines) is 1. The fourth-order valence-corrected chi connectivity index (χ4v) is 7.19. The number of rotatable bonds is 11. The number of likely N-dealkylation sites (N-methyl/N-ethyl adjacent to an activating group) is 1. The quantitative estimate of drug-likeness (QED) is 0.403. The van der Waals surface area contributed by atoms with Crippen LogP contribution in [0.15, 0.2) is 48.7 Å². The maximum Gasteiger partial charge on any atom is 0.253 e. The van der Waals surface area contributed by atoms with E-state index >= 15 is 0 Å². The van der Waals surface area contributed by atoms with Crippen molar-refractivity contribution < 1.29 is 19.5 Å². The first-order chi connectivity index (χ1) is 21.2. The van der Waals surface area contributed by atoms with E-state index in [2.05, 4.69) is 22.1 Å². The van der Waals surface area contributed by atoms with Gasteiger partial charge in [-0.3, -0.25) is 24.3 Å². The van der Waals surface area contributed by atoms with Crippen molar-refractivity contribution in [2.45, 2.75) is 101 Å². The molecule has 3 heterocycles. The third kappa shape index (κ3) is 7.32. The summed E-state index contributed by atoms with van der Waals surface area (Å²) in [7, 11) is 1.82. The summed E-state index contributed by atoms with van der Waals surface area (Å²) in [6, 6.07) is 13.0. The van der Waals surface area contributed by atoms with Crippen molar-refractivity contribution >= 4 is 17.7 Å². The van der Waals surface area contributed by atoms with E-state index in [4.69, 9.17) is 0 Å². The van der Waals surface area contributed by atoms with E-state index < -0.39 is 17.2 Å². The first-order valence-corrected chi connectivity index (χ1v) is 16.5. The molecule has 0 bridgehead atoms. The number of piperazine rings is 1. The van der Waals surface area contributed by atoms with Crippen LogP contribution in [0.2, 0.25) is 0 Å². The number of aromatic nitrogens is 1. The number of unbranched alkanes of at least 4 members (excludes halogenated alkanes) is 1. The molecule has 3 fully saturated rings. The second kappa shape index (κ2) is 14.2. The van der Waals surface area contributed by atoms with Crippen molar-refractivity contribution in [3.63, 3.8) is 0 Å². The highest BCUT2D eigenvalue weighted by atomic mass is 16.3. The maximum absolute atomic E-state index is 13.8. The van der Waals surface area contributed by atoms with Crippen LogP contribution in [0.4, 0.5) is 0 Å². The average Bonchev–Trinajstić information content (AvgIpc) is 3.04. The van der Waals surface area contributed by atoms with Gasteiger partial charge in [-0.1, -0.05) is 50.8 Å². The van der Waals surface area contributed by atoms with Gasteiger partial charge in [0, 0.05) is 70.1 Å². The molecular weight excluding hydrogens is 554 g/mol. The highest BCUT2D eigenvalue weighted by molar-refractivity contribution is 6.00. The molecule has 0 radical (unpaired) electrons. The number of carbonyl (C=O) groups excluding carboxylic acids is 3. The van der Waals surface area contributed by atoms with Crippen LogP contribution in [0.3, 0.4) is 0 Å². The van der Waals surface area contributed by atoms with Gasteiger partial charge in [0.2, 0.25) is 11.8 Å². The normalized spacial score (nSPS) is 21.7. The SMILES string of the molecule is CCCCN1C(=O)[C@@H](CC2(O)CCCCC2)NC(=O)C12CCN(Cc1ccc(C(=O)N(C)CCc3ccccn3)cc1)CC2. The molecule has 9 nitrogen and oxygen atoms in total. The Balaban J connectivity index is 1.17. The monoisotopic (exact) mass is 603 g/mol. The molecule has 1 aliphatic carbocycles. The van der Waals surface area contributed by atoms with Crippen LogP contribution in [-0.2, 0) is 22.6 Å². The van der Waals surface area contributed by atoms with Crippen LogP contribution in [0.1, 0.15) is 92.7 Å². The zero-order valence-electron chi connectivity index (χ0n) is 26.5. The van der Waals surface area contributed by atoms with E-state index in [-0.39, 0.29) is 17.7 Å². The summed E-state index contributed by atoms with van der Waals surface area (Å²) < 4.78 is 0. The minimum absolute atomic E-state index is 0.0125. The van der Waals surface area contributed by atoms with Gasteiger partial charge in [-0.25, -0.2) is 0 Å². The molecule has 1 atom stereocenters. The van der Waals surface area contributed by atoms with Gasteiger partial charge < -0.3 is 20.2 Å². The van der Waals surface area contributed by atoms with E-state index in [9.17, 15) is 19.5 Å². The van der Waals surface area contributed by atoms with Gasteiger partial charge in [0.1, 0.15) is 11.6 Å². The maximum atomic E-state index is 13.8. The lowest BCUT2D eigenvalue weighted by Crippen LogP contribution is -2.73. The van der Waals surface area contributed by atoms with E-state index in [0.29, 0.717) is 70.3 Å². The number of amides is 3. The Kier molecular flexibility index (Phi) is 10.4. The number of aliphatic hydroxyl groups is 1. The first-order valence-electron chi connectivity index (χ1n) is 16.5. The summed E-state index contributed by atoms with van der Waals surface area (Å²) in [6.45, 7) is 5.40. The van der Waals surface area contributed by atoms with Crippen LogP contribution in [0.25, 0.3) is 0 Å². The number of pyridine rings is 1. The Labute approximate surface area is 262 Å². The van der Waals surface area contributed by atoms with Gasteiger partial charge in [-0.15, -0.1) is 0 Å². The van der Waals surface area contributed by atoms with Crippen LogP contribution >= 0.6 is 0 Å². The molecule has 3 aliphatic rings. The van der Waals surface area contributed by atoms with Gasteiger partial charge >= 0.3 is 0 Å². The number of carbonyl (C=O) groups is 3. The largest absolute Gasteiger partial charge is 0.390 e. The zero-order valence-corrected chi connectivity index (χ0v) is 26.5. The molecule has 44 heavy (non-hydrogen) atoms.